The van der Waals surface area contributed by atoms with E-state index in [1.807, 2.05) is 67.8 Å². The van der Waals surface area contributed by atoms with Gasteiger partial charge in [-0.25, -0.2) is 4.39 Å². The smallest absolute Gasteiger partial charge is 0.268 e. The maximum Gasteiger partial charge on any atom is 0.268 e. The van der Waals surface area contributed by atoms with Gasteiger partial charge < -0.3 is 19.9 Å². The van der Waals surface area contributed by atoms with Crippen LogP contribution in [-0.2, 0) is 11.3 Å². The Morgan fingerprint density at radius 3 is 2.47 bits per heavy atom. The summed E-state index contributed by atoms with van der Waals surface area (Å²) in [7, 11) is 0. The summed E-state index contributed by atoms with van der Waals surface area (Å²) in [5.41, 5.74) is 5.24. The van der Waals surface area contributed by atoms with Crippen LogP contribution in [-0.4, -0.2) is 35.1 Å². The molecule has 2 N–H and O–H groups in total. The van der Waals surface area contributed by atoms with Crippen LogP contribution in [0.5, 0.6) is 0 Å². The molecule has 38 heavy (non-hydrogen) atoms. The van der Waals surface area contributed by atoms with E-state index in [1.165, 1.54) is 12.1 Å². The van der Waals surface area contributed by atoms with Crippen LogP contribution < -0.4 is 10.6 Å². The number of rotatable bonds is 7. The summed E-state index contributed by atoms with van der Waals surface area (Å²) in [6, 6.07) is 19.3. The standard InChI is InChI=1S/C31H32FN3O3/c1-20-5-8-23(15-21(20)2)29(36)34-26-11-12-27-24(16-26)17-28(30(37)33-19-31(3)13-4-14-38-31)35(27)18-22-6-9-25(32)10-7-22/h5-12,15-17H,4,13-14,18-19H2,1-3H3,(H,33,37)(H,34,36). The molecule has 0 spiro atoms. The average Bonchev–Trinajstić information content (AvgIpc) is 3.49. The number of amides is 2. The van der Waals surface area contributed by atoms with Crippen molar-refractivity contribution < 1.29 is 18.7 Å². The third-order valence-corrected chi connectivity index (χ3v) is 7.34. The van der Waals surface area contributed by atoms with Gasteiger partial charge in [0.05, 0.1) is 5.60 Å². The van der Waals surface area contributed by atoms with Gasteiger partial charge in [0.25, 0.3) is 11.8 Å². The summed E-state index contributed by atoms with van der Waals surface area (Å²) >= 11 is 0. The van der Waals surface area contributed by atoms with Gasteiger partial charge in [0.15, 0.2) is 0 Å². The number of fused-ring (bicyclic) bond motifs is 1. The molecule has 6 nitrogen and oxygen atoms in total. The van der Waals surface area contributed by atoms with Crippen molar-refractivity contribution >= 4 is 28.4 Å². The predicted molar refractivity (Wildman–Crippen MR) is 147 cm³/mol. The van der Waals surface area contributed by atoms with Gasteiger partial charge in [0.1, 0.15) is 11.5 Å². The minimum absolute atomic E-state index is 0.194. The molecule has 4 aromatic rings. The highest BCUT2D eigenvalue weighted by molar-refractivity contribution is 6.06. The molecule has 0 bridgehead atoms. The summed E-state index contributed by atoms with van der Waals surface area (Å²) in [6.07, 6.45) is 1.88. The van der Waals surface area contributed by atoms with Crippen molar-refractivity contribution in [2.24, 2.45) is 0 Å². The van der Waals surface area contributed by atoms with E-state index in [0.717, 1.165) is 40.4 Å². The largest absolute Gasteiger partial charge is 0.373 e. The Morgan fingerprint density at radius 2 is 1.76 bits per heavy atom. The van der Waals surface area contributed by atoms with E-state index in [2.05, 4.69) is 10.6 Å². The van der Waals surface area contributed by atoms with E-state index in [4.69, 9.17) is 4.74 Å². The van der Waals surface area contributed by atoms with Gasteiger partial charge in [-0.3, -0.25) is 9.59 Å². The molecule has 1 saturated heterocycles. The number of carbonyl (C=O) groups is 2. The molecule has 196 valence electrons. The molecule has 1 aliphatic heterocycles. The third-order valence-electron chi connectivity index (χ3n) is 7.34. The van der Waals surface area contributed by atoms with Crippen molar-refractivity contribution in [2.45, 2.75) is 45.8 Å². The fourth-order valence-electron chi connectivity index (χ4n) is 4.90. The molecule has 0 aliphatic carbocycles. The molecule has 1 aromatic heterocycles. The van der Waals surface area contributed by atoms with E-state index in [9.17, 15) is 14.0 Å². The number of ether oxygens (including phenoxy) is 1. The zero-order valence-electron chi connectivity index (χ0n) is 21.9. The zero-order valence-corrected chi connectivity index (χ0v) is 21.9. The van der Waals surface area contributed by atoms with Crippen LogP contribution in [0.25, 0.3) is 10.9 Å². The second-order valence-electron chi connectivity index (χ2n) is 10.4. The fourth-order valence-corrected chi connectivity index (χ4v) is 4.90. The van der Waals surface area contributed by atoms with E-state index < -0.39 is 0 Å². The molecule has 0 radical (unpaired) electrons. The molecule has 7 heteroatoms. The van der Waals surface area contributed by atoms with Crippen molar-refractivity contribution in [2.75, 3.05) is 18.5 Å². The lowest BCUT2D eigenvalue weighted by molar-refractivity contribution is 0.0205. The minimum atomic E-state index is -0.366. The van der Waals surface area contributed by atoms with Gasteiger partial charge in [-0.1, -0.05) is 18.2 Å². The Kier molecular flexibility index (Phi) is 7.04. The van der Waals surface area contributed by atoms with Crippen molar-refractivity contribution in [1.29, 1.82) is 0 Å². The number of halogens is 1. The number of nitrogens with zero attached hydrogens (tertiary/aromatic N) is 1. The molecule has 2 heterocycles. The quantitative estimate of drug-likeness (QED) is 0.319. The van der Waals surface area contributed by atoms with E-state index in [-0.39, 0.29) is 23.2 Å². The molecule has 1 aliphatic rings. The summed E-state index contributed by atoms with van der Waals surface area (Å²) < 4.78 is 21.3. The van der Waals surface area contributed by atoms with E-state index in [1.54, 1.807) is 12.1 Å². The number of carbonyl (C=O) groups excluding carboxylic acids is 2. The number of hydrogen-bond acceptors (Lipinski definition) is 3. The molecule has 0 saturated carbocycles. The van der Waals surface area contributed by atoms with Crippen molar-refractivity contribution in [3.63, 3.8) is 0 Å². The zero-order chi connectivity index (χ0) is 26.9. The third kappa shape index (κ3) is 5.48. The van der Waals surface area contributed by atoms with Gasteiger partial charge in [-0.05, 0) is 98.8 Å². The second kappa shape index (κ2) is 10.4. The number of anilines is 1. The first-order valence-electron chi connectivity index (χ1n) is 12.9. The highest BCUT2D eigenvalue weighted by atomic mass is 19.1. The van der Waals surface area contributed by atoms with E-state index in [0.29, 0.717) is 36.6 Å². The highest BCUT2D eigenvalue weighted by Gasteiger charge is 2.30. The average molecular weight is 514 g/mol. The first kappa shape index (κ1) is 25.7. The maximum atomic E-state index is 13.5. The van der Waals surface area contributed by atoms with Crippen LogP contribution in [0.1, 0.15) is 57.3 Å². The molecular weight excluding hydrogens is 481 g/mol. The van der Waals surface area contributed by atoms with Gasteiger partial charge in [-0.15, -0.1) is 0 Å². The lowest BCUT2D eigenvalue weighted by Gasteiger charge is -2.23. The molecule has 3 aromatic carbocycles. The van der Waals surface area contributed by atoms with Crippen LogP contribution in [0.3, 0.4) is 0 Å². The summed E-state index contributed by atoms with van der Waals surface area (Å²) in [5.74, 6) is -0.709. The summed E-state index contributed by atoms with van der Waals surface area (Å²) in [6.45, 7) is 7.52. The lowest BCUT2D eigenvalue weighted by atomic mass is 10.0. The monoisotopic (exact) mass is 513 g/mol. The Hall–Kier alpha value is -3.97. The van der Waals surface area contributed by atoms with Crippen LogP contribution in [0.4, 0.5) is 10.1 Å². The molecule has 2 amide bonds. The molecule has 1 atom stereocenters. The van der Waals surface area contributed by atoms with Crippen molar-refractivity contribution in [3.05, 3.63) is 100 Å². The van der Waals surface area contributed by atoms with E-state index >= 15 is 0 Å². The normalized spacial score (nSPS) is 17.1. The summed E-state index contributed by atoms with van der Waals surface area (Å²) in [5, 5.41) is 6.83. The topological polar surface area (TPSA) is 72.4 Å². The van der Waals surface area contributed by atoms with Crippen molar-refractivity contribution in [3.8, 4) is 0 Å². The number of nitrogens with one attached hydrogen (secondary N) is 2. The lowest BCUT2D eigenvalue weighted by Crippen LogP contribution is -2.40. The molecular formula is C31H32FN3O3. The first-order chi connectivity index (χ1) is 18.2. The predicted octanol–water partition coefficient (Wildman–Crippen LogP) is 6.00. The minimum Gasteiger partial charge on any atom is -0.373 e. The Morgan fingerprint density at radius 1 is 0.974 bits per heavy atom. The Labute approximate surface area is 221 Å². The number of aryl methyl sites for hydroxylation is 2. The highest BCUT2D eigenvalue weighted by Crippen LogP contribution is 2.27. The first-order valence-corrected chi connectivity index (χ1v) is 12.9. The summed E-state index contributed by atoms with van der Waals surface area (Å²) in [4.78, 5) is 26.2. The van der Waals surface area contributed by atoms with Crippen LogP contribution in [0.15, 0.2) is 66.7 Å². The number of benzene rings is 3. The van der Waals surface area contributed by atoms with Gasteiger partial charge >= 0.3 is 0 Å². The van der Waals surface area contributed by atoms with Gasteiger partial charge in [0, 0.05) is 41.9 Å². The Balaban J connectivity index is 1.44. The van der Waals surface area contributed by atoms with Gasteiger partial charge in [0.2, 0.25) is 0 Å². The number of hydrogen-bond donors (Lipinski definition) is 2. The molecule has 1 fully saturated rings. The number of aromatic nitrogens is 1. The second-order valence-corrected chi connectivity index (χ2v) is 10.4. The fraction of sp³-hybridized carbons (Fsp3) is 0.290. The maximum absolute atomic E-state index is 13.5. The SMILES string of the molecule is Cc1ccc(C(=O)Nc2ccc3c(c2)cc(C(=O)NCC2(C)CCCO2)n3Cc2ccc(F)cc2)cc1C. The van der Waals surface area contributed by atoms with Crippen LogP contribution in [0, 0.1) is 19.7 Å². The van der Waals surface area contributed by atoms with Gasteiger partial charge in [-0.2, -0.15) is 0 Å². The Bertz CT molecular complexity index is 1500. The van der Waals surface area contributed by atoms with Crippen LogP contribution in [0.2, 0.25) is 0 Å². The molecule has 1 unspecified atom stereocenters. The van der Waals surface area contributed by atoms with Crippen LogP contribution >= 0.6 is 0 Å². The molecule has 5 rings (SSSR count). The van der Waals surface area contributed by atoms with Crippen molar-refractivity contribution in [1.82, 2.24) is 9.88 Å².